The highest BCUT2D eigenvalue weighted by molar-refractivity contribution is 5.84. The lowest BCUT2D eigenvalue weighted by Crippen LogP contribution is -2.48. The zero-order chi connectivity index (χ0) is 20.0. The Morgan fingerprint density at radius 1 is 0.857 bits per heavy atom. The Kier molecular flexibility index (Phi) is 5.69. The van der Waals surface area contributed by atoms with E-state index in [4.69, 9.17) is 19.5 Å². The first-order valence-electron chi connectivity index (χ1n) is 10.7. The normalized spacial score (nSPS) is 45.3. The first-order valence-corrected chi connectivity index (χ1v) is 10.7. The fourth-order valence-corrected chi connectivity index (χ4v) is 7.45. The molecule has 10 unspecified atom stereocenters. The minimum Gasteiger partial charge on any atom is -0.463 e. The second-order valence-corrected chi connectivity index (χ2v) is 9.13. The largest absolute Gasteiger partial charge is 0.463 e. The summed E-state index contributed by atoms with van der Waals surface area (Å²) in [6.45, 7) is 6.85. The molecule has 0 amide bonds. The third kappa shape index (κ3) is 2.97. The average Bonchev–Trinajstić information content (AvgIpc) is 3.40. The zero-order valence-electron chi connectivity index (χ0n) is 16.9. The molecule has 4 saturated carbocycles. The van der Waals surface area contributed by atoms with Crippen LogP contribution in [0.25, 0.3) is 0 Å². The van der Waals surface area contributed by atoms with Gasteiger partial charge in [0, 0.05) is 6.61 Å². The van der Waals surface area contributed by atoms with Crippen LogP contribution in [-0.4, -0.2) is 43.8 Å². The Labute approximate surface area is 166 Å². The second kappa shape index (κ2) is 7.92. The molecule has 0 spiro atoms. The number of esters is 2. The van der Waals surface area contributed by atoms with E-state index in [1.54, 1.807) is 0 Å². The number of carbonyl (C=O) groups is 2. The van der Waals surface area contributed by atoms with Gasteiger partial charge in [-0.15, -0.1) is 0 Å². The van der Waals surface area contributed by atoms with Crippen molar-refractivity contribution in [2.45, 2.75) is 33.6 Å². The van der Waals surface area contributed by atoms with E-state index >= 15 is 0 Å². The summed E-state index contributed by atoms with van der Waals surface area (Å²) >= 11 is 0. The van der Waals surface area contributed by atoms with Gasteiger partial charge in [0.15, 0.2) is 6.79 Å². The standard InChI is InChI=1S/C21H32O7/c1-4-25-9-27-21(23)19-15-8-14(18(19)20(22)26-5-6-28-24)16-12-7-13(17(15)16)11(3)10(12)2/h10-19,24H,4-9H2,1-3H3. The van der Waals surface area contributed by atoms with Crippen molar-refractivity contribution in [1.29, 1.82) is 0 Å². The lowest BCUT2D eigenvalue weighted by atomic mass is 9.59. The number of carbonyl (C=O) groups excluding carboxylic acids is 2. The Hall–Kier alpha value is -1.18. The summed E-state index contributed by atoms with van der Waals surface area (Å²) in [6, 6.07) is 0. The molecule has 0 aromatic rings. The summed E-state index contributed by atoms with van der Waals surface area (Å²) in [4.78, 5) is 29.8. The molecule has 0 saturated heterocycles. The number of hydrogen-bond donors (Lipinski definition) is 1. The monoisotopic (exact) mass is 396 g/mol. The molecule has 1 N–H and O–H groups in total. The lowest BCUT2D eigenvalue weighted by molar-refractivity contribution is -0.249. The van der Waals surface area contributed by atoms with Crippen molar-refractivity contribution >= 4 is 11.9 Å². The van der Waals surface area contributed by atoms with Crippen LogP contribution < -0.4 is 0 Å². The van der Waals surface area contributed by atoms with Gasteiger partial charge in [0.2, 0.25) is 0 Å². The molecule has 158 valence electrons. The van der Waals surface area contributed by atoms with Crippen LogP contribution >= 0.6 is 0 Å². The number of fused-ring (bicyclic) bond motifs is 9. The molecule has 7 heteroatoms. The van der Waals surface area contributed by atoms with Crippen molar-refractivity contribution in [2.75, 3.05) is 26.6 Å². The van der Waals surface area contributed by atoms with E-state index in [1.807, 2.05) is 6.92 Å². The molecule has 10 atom stereocenters. The third-order valence-electron chi connectivity index (χ3n) is 8.45. The summed E-state index contributed by atoms with van der Waals surface area (Å²) in [5.74, 6) is 2.49. The van der Waals surface area contributed by atoms with Crippen LogP contribution in [0.4, 0.5) is 0 Å². The summed E-state index contributed by atoms with van der Waals surface area (Å²) in [5.41, 5.74) is 0. The highest BCUT2D eigenvalue weighted by Gasteiger charge is 2.71. The molecule has 4 aliphatic rings. The predicted octanol–water partition coefficient (Wildman–Crippen LogP) is 2.59. The van der Waals surface area contributed by atoms with E-state index < -0.39 is 11.8 Å². The fourth-order valence-electron chi connectivity index (χ4n) is 7.45. The van der Waals surface area contributed by atoms with Gasteiger partial charge in [-0.2, -0.15) is 0 Å². The molecule has 0 aliphatic heterocycles. The van der Waals surface area contributed by atoms with Crippen LogP contribution in [0.15, 0.2) is 0 Å². The second-order valence-electron chi connectivity index (χ2n) is 9.13. The average molecular weight is 396 g/mol. The minimum absolute atomic E-state index is 0.0164. The Bertz CT molecular complexity index is 558. The summed E-state index contributed by atoms with van der Waals surface area (Å²) in [6.07, 6.45) is 2.14. The van der Waals surface area contributed by atoms with Crippen LogP contribution in [0.3, 0.4) is 0 Å². The predicted molar refractivity (Wildman–Crippen MR) is 97.6 cm³/mol. The molecule has 0 heterocycles. The van der Waals surface area contributed by atoms with Crippen LogP contribution in [0.2, 0.25) is 0 Å². The molecule has 0 aromatic heterocycles. The SMILES string of the molecule is CCOCOC(=O)C1C2CC(C1C(=O)OCCOO)C1C3CC(C(C)C3C)C21. The number of rotatable bonds is 8. The Morgan fingerprint density at radius 3 is 1.93 bits per heavy atom. The summed E-state index contributed by atoms with van der Waals surface area (Å²) in [7, 11) is 0. The summed E-state index contributed by atoms with van der Waals surface area (Å²) < 4.78 is 15.9. The molecular weight excluding hydrogens is 364 g/mol. The van der Waals surface area contributed by atoms with E-state index in [9.17, 15) is 9.59 Å². The first kappa shape index (κ1) is 20.1. The van der Waals surface area contributed by atoms with Gasteiger partial charge < -0.3 is 14.2 Å². The maximum atomic E-state index is 12.9. The van der Waals surface area contributed by atoms with E-state index in [2.05, 4.69) is 18.7 Å². The van der Waals surface area contributed by atoms with Crippen molar-refractivity contribution in [3.8, 4) is 0 Å². The van der Waals surface area contributed by atoms with Gasteiger partial charge in [-0.05, 0) is 67.1 Å². The van der Waals surface area contributed by atoms with Gasteiger partial charge in [0.25, 0.3) is 0 Å². The molecule has 4 bridgehead atoms. The Morgan fingerprint density at radius 2 is 1.39 bits per heavy atom. The molecule has 28 heavy (non-hydrogen) atoms. The van der Waals surface area contributed by atoms with E-state index in [1.165, 1.54) is 6.42 Å². The van der Waals surface area contributed by atoms with Gasteiger partial charge in [0.05, 0.1) is 11.8 Å². The van der Waals surface area contributed by atoms with Crippen LogP contribution in [0.5, 0.6) is 0 Å². The maximum absolute atomic E-state index is 12.9. The van der Waals surface area contributed by atoms with Crippen molar-refractivity contribution in [2.24, 2.45) is 59.2 Å². The highest BCUT2D eigenvalue weighted by Crippen LogP contribution is 2.72. The van der Waals surface area contributed by atoms with Crippen molar-refractivity contribution in [3.05, 3.63) is 0 Å². The maximum Gasteiger partial charge on any atom is 0.312 e. The molecule has 4 aliphatic carbocycles. The van der Waals surface area contributed by atoms with Crippen LogP contribution in [-0.2, 0) is 28.7 Å². The van der Waals surface area contributed by atoms with E-state index in [0.717, 1.165) is 6.42 Å². The van der Waals surface area contributed by atoms with E-state index in [-0.39, 0.29) is 43.8 Å². The zero-order valence-corrected chi connectivity index (χ0v) is 16.9. The first-order chi connectivity index (χ1) is 13.5. The van der Waals surface area contributed by atoms with Crippen LogP contribution in [0, 0.1) is 59.2 Å². The Balaban J connectivity index is 1.55. The topological polar surface area (TPSA) is 91.3 Å². The highest BCUT2D eigenvalue weighted by atomic mass is 17.1. The van der Waals surface area contributed by atoms with E-state index in [0.29, 0.717) is 42.1 Å². The third-order valence-corrected chi connectivity index (χ3v) is 8.45. The molecule has 4 rings (SSSR count). The summed E-state index contributed by atoms with van der Waals surface area (Å²) in [5, 5.41) is 8.48. The number of hydrogen-bond acceptors (Lipinski definition) is 7. The molecular formula is C21H32O7. The quantitative estimate of drug-likeness (QED) is 0.168. The van der Waals surface area contributed by atoms with Gasteiger partial charge in [-0.1, -0.05) is 13.8 Å². The van der Waals surface area contributed by atoms with Gasteiger partial charge in [0.1, 0.15) is 13.2 Å². The van der Waals surface area contributed by atoms with Gasteiger partial charge in [-0.3, -0.25) is 14.8 Å². The van der Waals surface area contributed by atoms with Crippen LogP contribution in [0.1, 0.15) is 33.6 Å². The molecule has 7 nitrogen and oxygen atoms in total. The van der Waals surface area contributed by atoms with Crippen molar-refractivity contribution < 1.29 is 33.9 Å². The van der Waals surface area contributed by atoms with Crippen molar-refractivity contribution in [1.82, 2.24) is 0 Å². The fraction of sp³-hybridized carbons (Fsp3) is 0.905. The number of ether oxygens (including phenoxy) is 3. The van der Waals surface area contributed by atoms with Gasteiger partial charge >= 0.3 is 11.9 Å². The lowest BCUT2D eigenvalue weighted by Gasteiger charge is -2.45. The molecule has 4 fully saturated rings. The minimum atomic E-state index is -0.457. The molecule has 0 aromatic carbocycles. The van der Waals surface area contributed by atoms with Crippen molar-refractivity contribution in [3.63, 3.8) is 0 Å². The molecule has 0 radical (unpaired) electrons. The smallest absolute Gasteiger partial charge is 0.312 e. The van der Waals surface area contributed by atoms with Gasteiger partial charge in [-0.25, -0.2) is 4.89 Å².